The number of aliphatic hydroxyl groups is 1. The van der Waals surface area contributed by atoms with Crippen molar-refractivity contribution in [2.75, 3.05) is 13.2 Å². The molecule has 172 valence electrons. The van der Waals surface area contributed by atoms with Crippen molar-refractivity contribution in [3.63, 3.8) is 0 Å². The molecule has 1 unspecified atom stereocenters. The maximum atomic E-state index is 14.1. The van der Waals surface area contributed by atoms with Crippen LogP contribution in [0, 0.1) is 15.5 Å². The number of hydrogen-bond donors (Lipinski definition) is 1. The Balaban J connectivity index is 1.78. The summed E-state index contributed by atoms with van der Waals surface area (Å²) >= 11 is 6.62. The predicted molar refractivity (Wildman–Crippen MR) is 126 cm³/mol. The van der Waals surface area contributed by atoms with Gasteiger partial charge in [0.25, 0.3) is 5.69 Å². The van der Waals surface area contributed by atoms with Gasteiger partial charge in [0.1, 0.15) is 6.10 Å². The van der Waals surface area contributed by atoms with E-state index in [4.69, 9.17) is 20.6 Å². The Kier molecular flexibility index (Phi) is 5.27. The average molecular weight is 489 g/mol. The third-order valence-electron chi connectivity index (χ3n) is 5.97. The molecule has 2 aliphatic heterocycles. The third-order valence-corrected chi connectivity index (χ3v) is 8.37. The minimum absolute atomic E-state index is 0.0883. The van der Waals surface area contributed by atoms with Crippen LogP contribution in [0.3, 0.4) is 0 Å². The first-order chi connectivity index (χ1) is 15.6. The molecular weight excluding hydrogens is 467 g/mol. The number of rotatable bonds is 3. The average Bonchev–Trinajstić information content (AvgIpc) is 3.27. The maximum Gasteiger partial charge on any atom is 0.363 e. The summed E-state index contributed by atoms with van der Waals surface area (Å²) in [6.07, 6.45) is -0.771. The minimum Gasteiger partial charge on any atom is -0.386 e. The fourth-order valence-corrected chi connectivity index (χ4v) is 7.05. The Morgan fingerprint density at radius 3 is 2.45 bits per heavy atom. The zero-order valence-electron chi connectivity index (χ0n) is 18.0. The summed E-state index contributed by atoms with van der Waals surface area (Å²) in [5.41, 5.74) is 1.87. The number of nitro groups is 1. The molecule has 1 fully saturated rings. The standard InChI is InChI=1S/C23H22ClN2O6P/c1-23(2)12-31-33(30,32-13-23)22(14-7-9-15(10-8-14)26(28)29)18-11-19(27)21-20(24)16-5-3-4-6-17(16)25(18)21/h3-10,19,27H,11-13H2,1-2H3/b22-18+. The number of fused-ring (bicyclic) bond motifs is 3. The van der Waals surface area contributed by atoms with Gasteiger partial charge >= 0.3 is 7.60 Å². The van der Waals surface area contributed by atoms with Gasteiger partial charge in [-0.25, -0.2) is 0 Å². The molecule has 0 spiro atoms. The first-order valence-corrected chi connectivity index (χ1v) is 12.4. The van der Waals surface area contributed by atoms with E-state index >= 15 is 0 Å². The minimum atomic E-state index is -3.83. The Bertz CT molecular complexity index is 1350. The monoisotopic (exact) mass is 488 g/mol. The molecule has 0 saturated carbocycles. The SMILES string of the molecule is CC1(C)COP(=O)(/C(=C2\CC(O)c3c(Cl)c4ccccc4n32)c2ccc([N+](=O)[O-])cc2)OC1. The molecule has 33 heavy (non-hydrogen) atoms. The highest BCUT2D eigenvalue weighted by atomic mass is 35.5. The van der Waals surface area contributed by atoms with Crippen LogP contribution in [0.2, 0.25) is 5.02 Å². The van der Waals surface area contributed by atoms with E-state index in [9.17, 15) is 19.8 Å². The fourth-order valence-electron chi connectivity index (χ4n) is 4.33. The fraction of sp³-hybridized carbons (Fsp3) is 0.304. The topological polar surface area (TPSA) is 104 Å². The van der Waals surface area contributed by atoms with Gasteiger partial charge in [0.05, 0.1) is 39.7 Å². The predicted octanol–water partition coefficient (Wildman–Crippen LogP) is 6.23. The van der Waals surface area contributed by atoms with Gasteiger partial charge in [-0.05, 0) is 23.8 Å². The van der Waals surface area contributed by atoms with E-state index in [-0.39, 0.29) is 36.1 Å². The van der Waals surface area contributed by atoms with Crippen molar-refractivity contribution in [1.29, 1.82) is 0 Å². The van der Waals surface area contributed by atoms with Crippen LogP contribution in [-0.4, -0.2) is 27.8 Å². The second-order valence-electron chi connectivity index (χ2n) is 9.08. The number of benzene rings is 2. The molecule has 0 amide bonds. The first kappa shape index (κ1) is 22.3. The smallest absolute Gasteiger partial charge is 0.363 e. The number of non-ortho nitro benzene ring substituents is 1. The maximum absolute atomic E-state index is 14.1. The van der Waals surface area contributed by atoms with Crippen LogP contribution in [0.25, 0.3) is 21.9 Å². The Labute approximate surface area is 195 Å². The molecule has 1 aromatic heterocycles. The second-order valence-corrected chi connectivity index (χ2v) is 11.4. The van der Waals surface area contributed by atoms with Crippen molar-refractivity contribution in [3.05, 3.63) is 74.9 Å². The third kappa shape index (κ3) is 3.63. The van der Waals surface area contributed by atoms with Crippen LogP contribution in [-0.2, 0) is 13.6 Å². The molecule has 2 aromatic carbocycles. The summed E-state index contributed by atoms with van der Waals surface area (Å²) in [7, 11) is -3.83. The lowest BCUT2D eigenvalue weighted by Crippen LogP contribution is -2.29. The number of aliphatic hydroxyl groups excluding tert-OH is 1. The lowest BCUT2D eigenvalue weighted by molar-refractivity contribution is -0.384. The number of nitrogens with zero attached hydrogens (tertiary/aromatic N) is 2. The van der Waals surface area contributed by atoms with E-state index in [0.29, 0.717) is 22.0 Å². The lowest BCUT2D eigenvalue weighted by atomic mass is 9.97. The molecule has 1 N–H and O–H groups in total. The number of hydrogen-bond acceptors (Lipinski definition) is 6. The molecule has 5 rings (SSSR count). The number of halogens is 1. The van der Waals surface area contributed by atoms with E-state index in [1.165, 1.54) is 24.3 Å². The van der Waals surface area contributed by atoms with Crippen molar-refractivity contribution in [2.24, 2.45) is 5.41 Å². The summed E-state index contributed by atoms with van der Waals surface area (Å²) in [6, 6.07) is 13.2. The van der Waals surface area contributed by atoms with Crippen molar-refractivity contribution < 1.29 is 23.6 Å². The molecule has 1 atom stereocenters. The van der Waals surface area contributed by atoms with Crippen LogP contribution < -0.4 is 0 Å². The van der Waals surface area contributed by atoms with Gasteiger partial charge in [-0.2, -0.15) is 0 Å². The van der Waals surface area contributed by atoms with Gasteiger partial charge in [0, 0.05) is 35.1 Å². The Morgan fingerprint density at radius 2 is 1.82 bits per heavy atom. The summed E-state index contributed by atoms with van der Waals surface area (Å²) < 4.78 is 27.7. The van der Waals surface area contributed by atoms with Crippen molar-refractivity contribution >= 4 is 46.8 Å². The first-order valence-electron chi connectivity index (χ1n) is 10.5. The van der Waals surface area contributed by atoms with Crippen molar-refractivity contribution in [1.82, 2.24) is 4.57 Å². The molecule has 8 nitrogen and oxygen atoms in total. The van der Waals surface area contributed by atoms with Crippen LogP contribution in [0.15, 0.2) is 48.5 Å². The van der Waals surface area contributed by atoms with Crippen LogP contribution >= 0.6 is 19.2 Å². The van der Waals surface area contributed by atoms with Crippen molar-refractivity contribution in [3.8, 4) is 0 Å². The summed E-state index contributed by atoms with van der Waals surface area (Å²) in [5.74, 6) is 0. The van der Waals surface area contributed by atoms with Crippen molar-refractivity contribution in [2.45, 2.75) is 26.4 Å². The number of para-hydroxylation sites is 1. The van der Waals surface area contributed by atoms with E-state index in [1.807, 2.05) is 42.7 Å². The summed E-state index contributed by atoms with van der Waals surface area (Å²) in [4.78, 5) is 10.7. The normalized spacial score (nSPS) is 22.8. The van der Waals surface area contributed by atoms with Gasteiger partial charge in [0.15, 0.2) is 0 Å². The quantitative estimate of drug-likeness (QED) is 0.266. The summed E-state index contributed by atoms with van der Waals surface area (Å²) in [6.45, 7) is 4.34. The number of nitro benzene ring substituents is 1. The van der Waals surface area contributed by atoms with Gasteiger partial charge < -0.3 is 18.7 Å². The van der Waals surface area contributed by atoms with Gasteiger partial charge in [-0.1, -0.05) is 43.6 Å². The van der Waals surface area contributed by atoms with E-state index < -0.39 is 18.6 Å². The molecule has 0 aliphatic carbocycles. The molecule has 3 heterocycles. The Hall–Kier alpha value is -2.48. The highest BCUT2D eigenvalue weighted by molar-refractivity contribution is 7.65. The zero-order valence-corrected chi connectivity index (χ0v) is 19.7. The van der Waals surface area contributed by atoms with Crippen LogP contribution in [0.5, 0.6) is 0 Å². The second kappa shape index (κ2) is 7.79. The van der Waals surface area contributed by atoms with Gasteiger partial charge in [0.2, 0.25) is 0 Å². The Morgan fingerprint density at radius 1 is 1.18 bits per heavy atom. The largest absolute Gasteiger partial charge is 0.386 e. The van der Waals surface area contributed by atoms with Gasteiger partial charge in [-0.15, -0.1) is 0 Å². The molecule has 1 saturated heterocycles. The molecule has 0 bridgehead atoms. The van der Waals surface area contributed by atoms with E-state index in [0.717, 1.165) is 10.9 Å². The lowest BCUT2D eigenvalue weighted by Gasteiger charge is -2.35. The number of aromatic nitrogens is 1. The molecule has 3 aromatic rings. The van der Waals surface area contributed by atoms with Crippen LogP contribution in [0.1, 0.15) is 37.6 Å². The molecule has 2 aliphatic rings. The van der Waals surface area contributed by atoms with E-state index in [1.54, 1.807) is 0 Å². The highest BCUT2D eigenvalue weighted by Gasteiger charge is 2.44. The molecular formula is C23H22ClN2O6P. The summed E-state index contributed by atoms with van der Waals surface area (Å²) in [5, 5.41) is 23.6. The van der Waals surface area contributed by atoms with E-state index in [2.05, 4.69) is 0 Å². The van der Waals surface area contributed by atoms with Crippen LogP contribution in [0.4, 0.5) is 5.69 Å². The van der Waals surface area contributed by atoms with Gasteiger partial charge in [-0.3, -0.25) is 14.7 Å². The molecule has 10 heteroatoms. The highest BCUT2D eigenvalue weighted by Crippen LogP contribution is 2.67. The zero-order chi connectivity index (χ0) is 23.5. The molecule has 0 radical (unpaired) electrons.